The molecular weight excluding hydrogens is 216 g/mol. The Morgan fingerprint density at radius 3 is 2.76 bits per heavy atom. The number of hydrogen-bond acceptors (Lipinski definition) is 3. The fraction of sp³-hybridized carbons (Fsp3) is 0.538. The first kappa shape index (κ1) is 13.6. The summed E-state index contributed by atoms with van der Waals surface area (Å²) in [7, 11) is 1.83. The number of likely N-dealkylation sites (N-methyl/N-ethyl adjacent to an activating group) is 1. The first-order valence-corrected chi connectivity index (χ1v) is 5.90. The van der Waals surface area contributed by atoms with Crippen molar-refractivity contribution in [1.29, 1.82) is 0 Å². The summed E-state index contributed by atoms with van der Waals surface area (Å²) in [5, 5.41) is 9.15. The SMILES string of the molecule is CCCC(C(=O)O)N(C)Cc1cccc(C)n1. The minimum Gasteiger partial charge on any atom is -0.480 e. The van der Waals surface area contributed by atoms with E-state index in [4.69, 9.17) is 5.11 Å². The van der Waals surface area contributed by atoms with Crippen LogP contribution in [-0.2, 0) is 11.3 Å². The second-order valence-corrected chi connectivity index (χ2v) is 4.33. The van der Waals surface area contributed by atoms with Crippen molar-refractivity contribution >= 4 is 5.97 Å². The van der Waals surface area contributed by atoms with Gasteiger partial charge >= 0.3 is 5.97 Å². The summed E-state index contributed by atoms with van der Waals surface area (Å²) < 4.78 is 0. The Labute approximate surface area is 102 Å². The minimum absolute atomic E-state index is 0.428. The Kier molecular flexibility index (Phi) is 5.10. The number of aliphatic carboxylic acids is 1. The highest BCUT2D eigenvalue weighted by Gasteiger charge is 2.21. The third-order valence-electron chi connectivity index (χ3n) is 2.74. The number of hydrogen-bond donors (Lipinski definition) is 1. The number of rotatable bonds is 6. The molecule has 1 unspecified atom stereocenters. The Hall–Kier alpha value is -1.42. The van der Waals surface area contributed by atoms with E-state index < -0.39 is 12.0 Å². The van der Waals surface area contributed by atoms with Crippen LogP contribution in [0.15, 0.2) is 18.2 Å². The van der Waals surface area contributed by atoms with Crippen LogP contribution in [0.3, 0.4) is 0 Å². The predicted molar refractivity (Wildman–Crippen MR) is 66.8 cm³/mol. The third-order valence-corrected chi connectivity index (χ3v) is 2.74. The van der Waals surface area contributed by atoms with E-state index in [0.717, 1.165) is 17.8 Å². The molecule has 1 aromatic rings. The van der Waals surface area contributed by atoms with Gasteiger partial charge in [0.05, 0.1) is 5.69 Å². The van der Waals surface area contributed by atoms with E-state index in [-0.39, 0.29) is 0 Å². The maximum Gasteiger partial charge on any atom is 0.320 e. The molecule has 1 rings (SSSR count). The van der Waals surface area contributed by atoms with E-state index in [1.165, 1.54) is 0 Å². The van der Waals surface area contributed by atoms with Gasteiger partial charge in [0.1, 0.15) is 6.04 Å². The summed E-state index contributed by atoms with van der Waals surface area (Å²) in [4.78, 5) is 17.3. The van der Waals surface area contributed by atoms with Crippen LogP contribution in [0.25, 0.3) is 0 Å². The number of aryl methyl sites for hydroxylation is 1. The van der Waals surface area contributed by atoms with E-state index in [1.54, 1.807) is 0 Å². The largest absolute Gasteiger partial charge is 0.480 e. The molecule has 0 aliphatic heterocycles. The molecule has 0 saturated carbocycles. The van der Waals surface area contributed by atoms with Gasteiger partial charge < -0.3 is 5.11 Å². The lowest BCUT2D eigenvalue weighted by atomic mass is 10.1. The smallest absolute Gasteiger partial charge is 0.320 e. The lowest BCUT2D eigenvalue weighted by Gasteiger charge is -2.23. The van der Waals surface area contributed by atoms with Crippen LogP contribution in [0.4, 0.5) is 0 Å². The van der Waals surface area contributed by atoms with Gasteiger partial charge in [-0.05, 0) is 32.5 Å². The molecule has 1 aromatic heterocycles. The molecule has 0 radical (unpaired) electrons. The summed E-state index contributed by atoms with van der Waals surface area (Å²) in [6, 6.07) is 5.38. The zero-order valence-corrected chi connectivity index (χ0v) is 10.7. The van der Waals surface area contributed by atoms with Crippen molar-refractivity contribution in [2.24, 2.45) is 0 Å². The quantitative estimate of drug-likeness (QED) is 0.821. The van der Waals surface area contributed by atoms with E-state index in [9.17, 15) is 4.79 Å². The second-order valence-electron chi connectivity index (χ2n) is 4.33. The first-order chi connectivity index (χ1) is 8.04. The number of carbonyl (C=O) groups is 1. The molecular formula is C13H20N2O2. The van der Waals surface area contributed by atoms with Crippen LogP contribution in [-0.4, -0.2) is 34.0 Å². The van der Waals surface area contributed by atoms with Crippen molar-refractivity contribution in [2.45, 2.75) is 39.3 Å². The molecule has 1 N–H and O–H groups in total. The standard InChI is InChI=1S/C13H20N2O2/c1-4-6-12(13(16)17)15(3)9-11-8-5-7-10(2)14-11/h5,7-8,12H,4,6,9H2,1-3H3,(H,16,17). The Bertz CT molecular complexity index is 379. The molecule has 94 valence electrons. The van der Waals surface area contributed by atoms with Crippen molar-refractivity contribution in [3.63, 3.8) is 0 Å². The maximum atomic E-state index is 11.1. The molecule has 0 aliphatic carbocycles. The molecule has 0 fully saturated rings. The number of nitrogens with zero attached hydrogens (tertiary/aromatic N) is 2. The van der Waals surface area contributed by atoms with Crippen molar-refractivity contribution in [2.75, 3.05) is 7.05 Å². The second kappa shape index (κ2) is 6.35. The van der Waals surface area contributed by atoms with Gasteiger partial charge in [0, 0.05) is 12.2 Å². The highest BCUT2D eigenvalue weighted by molar-refractivity contribution is 5.73. The summed E-state index contributed by atoms with van der Waals surface area (Å²) in [6.45, 7) is 4.50. The summed E-state index contributed by atoms with van der Waals surface area (Å²) in [5.74, 6) is -0.762. The van der Waals surface area contributed by atoms with E-state index >= 15 is 0 Å². The Morgan fingerprint density at radius 2 is 2.24 bits per heavy atom. The molecule has 17 heavy (non-hydrogen) atoms. The van der Waals surface area contributed by atoms with Gasteiger partial charge in [-0.1, -0.05) is 19.4 Å². The van der Waals surface area contributed by atoms with E-state index in [2.05, 4.69) is 4.98 Å². The molecule has 1 heterocycles. The lowest BCUT2D eigenvalue weighted by molar-refractivity contribution is -0.143. The minimum atomic E-state index is -0.762. The molecule has 0 spiro atoms. The fourth-order valence-electron chi connectivity index (χ4n) is 1.86. The van der Waals surface area contributed by atoms with Crippen LogP contribution < -0.4 is 0 Å². The topological polar surface area (TPSA) is 53.4 Å². The van der Waals surface area contributed by atoms with Crippen molar-refractivity contribution < 1.29 is 9.90 Å². The van der Waals surface area contributed by atoms with Crippen molar-refractivity contribution in [3.8, 4) is 0 Å². The summed E-state index contributed by atoms with van der Waals surface area (Å²) in [6.07, 6.45) is 1.53. The van der Waals surface area contributed by atoms with Gasteiger partial charge in [0.25, 0.3) is 0 Å². The third kappa shape index (κ3) is 4.15. The molecule has 4 heteroatoms. The van der Waals surface area contributed by atoms with Gasteiger partial charge in [-0.25, -0.2) is 0 Å². The lowest BCUT2D eigenvalue weighted by Crippen LogP contribution is -2.38. The highest BCUT2D eigenvalue weighted by Crippen LogP contribution is 2.09. The zero-order valence-electron chi connectivity index (χ0n) is 10.7. The molecule has 0 amide bonds. The molecule has 0 aromatic carbocycles. The van der Waals surface area contributed by atoms with E-state index in [1.807, 2.05) is 44.0 Å². The number of carboxylic acids is 1. The van der Waals surface area contributed by atoms with Gasteiger partial charge in [-0.15, -0.1) is 0 Å². The number of pyridine rings is 1. The maximum absolute atomic E-state index is 11.1. The monoisotopic (exact) mass is 236 g/mol. The van der Waals surface area contributed by atoms with Gasteiger partial charge in [0.15, 0.2) is 0 Å². The van der Waals surface area contributed by atoms with Crippen LogP contribution >= 0.6 is 0 Å². The van der Waals surface area contributed by atoms with Crippen LogP contribution in [0.5, 0.6) is 0 Å². The van der Waals surface area contributed by atoms with Crippen molar-refractivity contribution in [3.05, 3.63) is 29.6 Å². The van der Waals surface area contributed by atoms with Gasteiger partial charge in [0.2, 0.25) is 0 Å². The number of carboxylic acid groups (broad SMARTS) is 1. The van der Waals surface area contributed by atoms with Gasteiger partial charge in [-0.2, -0.15) is 0 Å². The van der Waals surface area contributed by atoms with Crippen molar-refractivity contribution in [1.82, 2.24) is 9.88 Å². The van der Waals surface area contributed by atoms with E-state index in [0.29, 0.717) is 13.0 Å². The fourth-order valence-corrected chi connectivity index (χ4v) is 1.86. The molecule has 4 nitrogen and oxygen atoms in total. The highest BCUT2D eigenvalue weighted by atomic mass is 16.4. The first-order valence-electron chi connectivity index (χ1n) is 5.90. The average Bonchev–Trinajstić information content (AvgIpc) is 2.25. The van der Waals surface area contributed by atoms with Crippen LogP contribution in [0.1, 0.15) is 31.2 Å². The zero-order chi connectivity index (χ0) is 12.8. The normalized spacial score (nSPS) is 12.7. The Balaban J connectivity index is 2.69. The summed E-state index contributed by atoms with van der Waals surface area (Å²) in [5.41, 5.74) is 1.87. The Morgan fingerprint density at radius 1 is 1.53 bits per heavy atom. The molecule has 0 bridgehead atoms. The van der Waals surface area contributed by atoms with Gasteiger partial charge in [-0.3, -0.25) is 14.7 Å². The molecule has 0 aliphatic rings. The van der Waals surface area contributed by atoms with Crippen LogP contribution in [0, 0.1) is 6.92 Å². The summed E-state index contributed by atoms with van der Waals surface area (Å²) >= 11 is 0. The molecule has 0 saturated heterocycles. The van der Waals surface area contributed by atoms with Crippen LogP contribution in [0.2, 0.25) is 0 Å². The number of aromatic nitrogens is 1. The average molecular weight is 236 g/mol. The predicted octanol–water partition coefficient (Wildman–Crippen LogP) is 2.08. The molecule has 1 atom stereocenters.